The molecule has 0 bridgehead atoms. The summed E-state index contributed by atoms with van der Waals surface area (Å²) < 4.78 is 5.72. The van der Waals surface area contributed by atoms with Crippen molar-refractivity contribution in [3.8, 4) is 0 Å². The third-order valence-corrected chi connectivity index (χ3v) is 2.38. The number of furan rings is 1. The van der Waals surface area contributed by atoms with Gasteiger partial charge in [-0.25, -0.2) is 0 Å². The summed E-state index contributed by atoms with van der Waals surface area (Å²) in [6.45, 7) is 5.17. The van der Waals surface area contributed by atoms with E-state index in [1.165, 1.54) is 5.39 Å². The van der Waals surface area contributed by atoms with Crippen molar-refractivity contribution in [3.05, 3.63) is 36.1 Å². The van der Waals surface area contributed by atoms with Gasteiger partial charge < -0.3 is 9.73 Å². The number of fused-ring (bicyclic) bond motifs is 1. The molecule has 1 N–H and O–H groups in total. The van der Waals surface area contributed by atoms with Crippen LogP contribution >= 0.6 is 0 Å². The first-order chi connectivity index (χ1) is 6.81. The molecule has 0 amide bonds. The second-order valence-corrected chi connectivity index (χ2v) is 3.47. The Morgan fingerprint density at radius 1 is 1.36 bits per heavy atom. The van der Waals surface area contributed by atoms with Crippen molar-refractivity contribution in [2.75, 3.05) is 6.54 Å². The van der Waals surface area contributed by atoms with Crippen LogP contribution in [-0.4, -0.2) is 6.54 Å². The molecule has 0 aliphatic carbocycles. The molecular formula is C12H15NO. The molecule has 2 heteroatoms. The Kier molecular flexibility index (Phi) is 2.55. The maximum Gasteiger partial charge on any atom is 0.134 e. The maximum absolute atomic E-state index is 5.72. The standard InChI is InChI=1S/C12H15NO/c1-3-13-9(2)12-8-10-6-4-5-7-11(10)14-12/h4-9,13H,3H2,1-2H3. The molecule has 14 heavy (non-hydrogen) atoms. The van der Waals surface area contributed by atoms with Crippen LogP contribution < -0.4 is 5.32 Å². The third-order valence-electron chi connectivity index (χ3n) is 2.38. The van der Waals surface area contributed by atoms with E-state index < -0.39 is 0 Å². The number of nitrogens with one attached hydrogen (secondary N) is 1. The summed E-state index contributed by atoms with van der Waals surface area (Å²) in [4.78, 5) is 0. The minimum absolute atomic E-state index is 0.285. The fourth-order valence-electron chi connectivity index (χ4n) is 1.62. The van der Waals surface area contributed by atoms with E-state index in [2.05, 4.69) is 31.3 Å². The predicted molar refractivity (Wildman–Crippen MR) is 58.3 cm³/mol. The summed E-state index contributed by atoms with van der Waals surface area (Å²) in [5.74, 6) is 1.01. The van der Waals surface area contributed by atoms with Gasteiger partial charge in [-0.3, -0.25) is 0 Å². The highest BCUT2D eigenvalue weighted by Gasteiger charge is 2.09. The van der Waals surface area contributed by atoms with Crippen LogP contribution in [0.15, 0.2) is 34.7 Å². The maximum atomic E-state index is 5.72. The van der Waals surface area contributed by atoms with Gasteiger partial charge in [0, 0.05) is 5.39 Å². The van der Waals surface area contributed by atoms with Gasteiger partial charge in [0.1, 0.15) is 11.3 Å². The van der Waals surface area contributed by atoms with Crippen molar-refractivity contribution in [2.24, 2.45) is 0 Å². The fraction of sp³-hybridized carbons (Fsp3) is 0.333. The van der Waals surface area contributed by atoms with E-state index in [0.29, 0.717) is 0 Å². The van der Waals surface area contributed by atoms with Crippen LogP contribution in [0.2, 0.25) is 0 Å². The first-order valence-corrected chi connectivity index (χ1v) is 5.03. The first kappa shape index (κ1) is 9.28. The van der Waals surface area contributed by atoms with Crippen molar-refractivity contribution >= 4 is 11.0 Å². The monoisotopic (exact) mass is 189 g/mol. The lowest BCUT2D eigenvalue weighted by molar-refractivity contribution is 0.459. The Morgan fingerprint density at radius 3 is 2.86 bits per heavy atom. The minimum Gasteiger partial charge on any atom is -0.459 e. The summed E-state index contributed by atoms with van der Waals surface area (Å²) in [6.07, 6.45) is 0. The van der Waals surface area contributed by atoms with Gasteiger partial charge in [-0.05, 0) is 25.6 Å². The van der Waals surface area contributed by atoms with Crippen molar-refractivity contribution in [1.82, 2.24) is 5.32 Å². The largest absolute Gasteiger partial charge is 0.459 e. The minimum atomic E-state index is 0.285. The zero-order valence-corrected chi connectivity index (χ0v) is 8.58. The predicted octanol–water partition coefficient (Wildman–Crippen LogP) is 3.10. The number of benzene rings is 1. The van der Waals surface area contributed by atoms with Crippen LogP contribution in [0.1, 0.15) is 25.6 Å². The Bertz CT molecular complexity index is 386. The van der Waals surface area contributed by atoms with Gasteiger partial charge in [-0.1, -0.05) is 25.1 Å². The van der Waals surface area contributed by atoms with E-state index in [-0.39, 0.29) is 6.04 Å². The molecule has 0 fully saturated rings. The normalized spacial score (nSPS) is 13.3. The van der Waals surface area contributed by atoms with E-state index in [1.54, 1.807) is 0 Å². The molecule has 0 saturated heterocycles. The highest BCUT2D eigenvalue weighted by molar-refractivity contribution is 5.77. The summed E-state index contributed by atoms with van der Waals surface area (Å²) in [7, 11) is 0. The number of rotatable bonds is 3. The average molecular weight is 189 g/mol. The smallest absolute Gasteiger partial charge is 0.134 e. The number of para-hydroxylation sites is 1. The molecule has 0 aliphatic heterocycles. The molecular weight excluding hydrogens is 174 g/mol. The van der Waals surface area contributed by atoms with E-state index in [9.17, 15) is 0 Å². The zero-order valence-electron chi connectivity index (χ0n) is 8.58. The zero-order chi connectivity index (χ0) is 9.97. The lowest BCUT2D eigenvalue weighted by atomic mass is 10.2. The van der Waals surface area contributed by atoms with Crippen LogP contribution in [0.3, 0.4) is 0 Å². The summed E-state index contributed by atoms with van der Waals surface area (Å²) >= 11 is 0. The molecule has 0 aliphatic rings. The topological polar surface area (TPSA) is 25.2 Å². The molecule has 2 aromatic rings. The Hall–Kier alpha value is -1.28. The molecule has 74 valence electrons. The highest BCUT2D eigenvalue weighted by Crippen LogP contribution is 2.23. The van der Waals surface area contributed by atoms with Crippen LogP contribution in [0.4, 0.5) is 0 Å². The molecule has 0 radical (unpaired) electrons. The number of hydrogen-bond donors (Lipinski definition) is 1. The van der Waals surface area contributed by atoms with Crippen molar-refractivity contribution in [3.63, 3.8) is 0 Å². The second-order valence-electron chi connectivity index (χ2n) is 3.47. The molecule has 2 nitrogen and oxygen atoms in total. The van der Waals surface area contributed by atoms with Crippen LogP contribution in [0, 0.1) is 0 Å². The van der Waals surface area contributed by atoms with E-state index in [1.807, 2.05) is 18.2 Å². The van der Waals surface area contributed by atoms with Gasteiger partial charge in [0.05, 0.1) is 6.04 Å². The van der Waals surface area contributed by atoms with Gasteiger partial charge in [0.25, 0.3) is 0 Å². The van der Waals surface area contributed by atoms with E-state index in [4.69, 9.17) is 4.42 Å². The molecule has 0 spiro atoms. The molecule has 0 saturated carbocycles. The van der Waals surface area contributed by atoms with Crippen molar-refractivity contribution < 1.29 is 4.42 Å². The average Bonchev–Trinajstić information content (AvgIpc) is 2.61. The highest BCUT2D eigenvalue weighted by atomic mass is 16.3. The summed E-state index contributed by atoms with van der Waals surface area (Å²) in [5, 5.41) is 4.50. The van der Waals surface area contributed by atoms with Crippen LogP contribution in [0.5, 0.6) is 0 Å². The summed E-state index contributed by atoms with van der Waals surface area (Å²) in [6, 6.07) is 10.5. The van der Waals surface area contributed by atoms with Crippen LogP contribution in [0.25, 0.3) is 11.0 Å². The number of hydrogen-bond acceptors (Lipinski definition) is 2. The van der Waals surface area contributed by atoms with E-state index in [0.717, 1.165) is 17.9 Å². The fourth-order valence-corrected chi connectivity index (χ4v) is 1.62. The van der Waals surface area contributed by atoms with Crippen molar-refractivity contribution in [2.45, 2.75) is 19.9 Å². The summed E-state index contributed by atoms with van der Waals surface area (Å²) in [5.41, 5.74) is 0.965. The molecule has 1 aromatic carbocycles. The lowest BCUT2D eigenvalue weighted by Gasteiger charge is -2.07. The Balaban J connectivity index is 2.35. The lowest BCUT2D eigenvalue weighted by Crippen LogP contribution is -2.16. The molecule has 2 rings (SSSR count). The van der Waals surface area contributed by atoms with Gasteiger partial charge in [-0.2, -0.15) is 0 Å². The Labute approximate surface area is 83.9 Å². The Morgan fingerprint density at radius 2 is 2.14 bits per heavy atom. The second kappa shape index (κ2) is 3.84. The van der Waals surface area contributed by atoms with Crippen molar-refractivity contribution in [1.29, 1.82) is 0 Å². The molecule has 1 atom stereocenters. The van der Waals surface area contributed by atoms with Crippen LogP contribution in [-0.2, 0) is 0 Å². The quantitative estimate of drug-likeness (QED) is 0.802. The van der Waals surface area contributed by atoms with Gasteiger partial charge >= 0.3 is 0 Å². The van der Waals surface area contributed by atoms with Gasteiger partial charge in [0.2, 0.25) is 0 Å². The van der Waals surface area contributed by atoms with Gasteiger partial charge in [-0.15, -0.1) is 0 Å². The van der Waals surface area contributed by atoms with E-state index >= 15 is 0 Å². The molecule has 1 heterocycles. The SMILES string of the molecule is CCNC(C)c1cc2ccccc2o1. The molecule has 1 unspecified atom stereocenters. The third kappa shape index (κ3) is 1.66. The molecule has 1 aromatic heterocycles. The van der Waals surface area contributed by atoms with Gasteiger partial charge in [0.15, 0.2) is 0 Å². The first-order valence-electron chi connectivity index (χ1n) is 5.03.